The van der Waals surface area contributed by atoms with Crippen LogP contribution in [0.5, 0.6) is 0 Å². The molecule has 6 rings (SSSR count). The number of hydrogen-bond donors (Lipinski definition) is 2. The Balaban J connectivity index is 1.09. The van der Waals surface area contributed by atoms with E-state index in [2.05, 4.69) is 27.6 Å². The summed E-state index contributed by atoms with van der Waals surface area (Å²) in [6.45, 7) is 4.42. The molecular formula is C34H28F3N7O5. The van der Waals surface area contributed by atoms with Crippen LogP contribution in [0.4, 0.5) is 24.5 Å². The number of piperidine rings is 1. The topological polar surface area (TPSA) is 158 Å². The van der Waals surface area contributed by atoms with Crippen LogP contribution in [0.2, 0.25) is 0 Å². The number of halogens is 3. The zero-order valence-electron chi connectivity index (χ0n) is 26.2. The van der Waals surface area contributed by atoms with Gasteiger partial charge in [-0.3, -0.25) is 38.9 Å². The molecule has 2 atom stereocenters. The van der Waals surface area contributed by atoms with E-state index in [1.807, 2.05) is 4.90 Å². The van der Waals surface area contributed by atoms with Gasteiger partial charge in [0.25, 0.3) is 17.7 Å². The van der Waals surface area contributed by atoms with E-state index in [0.717, 1.165) is 17.0 Å². The number of alkyl halides is 3. The van der Waals surface area contributed by atoms with Crippen molar-refractivity contribution in [3.63, 3.8) is 0 Å². The van der Waals surface area contributed by atoms with Gasteiger partial charge in [-0.2, -0.15) is 23.5 Å². The van der Waals surface area contributed by atoms with Gasteiger partial charge in [-0.05, 0) is 56.2 Å². The molecule has 2 fully saturated rings. The van der Waals surface area contributed by atoms with Crippen molar-refractivity contribution >= 4 is 40.9 Å². The Hall–Kier alpha value is -5.96. The van der Waals surface area contributed by atoms with Crippen molar-refractivity contribution < 1.29 is 37.1 Å². The van der Waals surface area contributed by atoms with Crippen molar-refractivity contribution in [3.05, 3.63) is 76.6 Å². The van der Waals surface area contributed by atoms with Crippen LogP contribution >= 0.6 is 0 Å². The standard InChI is InChI=1S/C34H28F3N7O5/c1-3-33(2,32(49)40-22-7-6-21(14-38)26(12-22)34(35,36)37)43-18-19(15-39-43)4-5-20-16-42(17-20)23-8-9-24-25(13-23)31(48)44(30(24)47)27-10-11-28(45)41-29(27)46/h6-9,12-13,15,18,20,27H,3,10-11,16-17H2,1-2H3,(H,40,49)(H,41,45,46). The van der Waals surface area contributed by atoms with E-state index in [-0.39, 0.29) is 42.0 Å². The average molecular weight is 672 g/mol. The number of imide groups is 2. The molecule has 0 bridgehead atoms. The number of nitrogens with one attached hydrogen (secondary N) is 2. The summed E-state index contributed by atoms with van der Waals surface area (Å²) in [5.74, 6) is 3.31. The SMILES string of the molecule is CCC(C)(C(=O)Nc1ccc(C#N)c(C(F)(F)F)c1)n1cc(C#CC2CN(c3ccc4c(c3)C(=O)N(C3CCC(=O)NC3=O)C4=O)C2)cn1. The van der Waals surface area contributed by atoms with Gasteiger partial charge in [-0.25, -0.2) is 0 Å². The fraction of sp³-hybridized carbons (Fsp3) is 0.324. The van der Waals surface area contributed by atoms with Crippen molar-refractivity contribution in [2.45, 2.75) is 50.9 Å². The molecule has 3 aliphatic heterocycles. The van der Waals surface area contributed by atoms with Gasteiger partial charge in [0, 0.05) is 37.1 Å². The lowest BCUT2D eigenvalue weighted by molar-refractivity contribution is -0.138. The molecule has 12 nitrogen and oxygen atoms in total. The van der Waals surface area contributed by atoms with E-state index < -0.39 is 58.4 Å². The third-order valence-electron chi connectivity index (χ3n) is 9.06. The highest BCUT2D eigenvalue weighted by atomic mass is 19.4. The number of aromatic nitrogens is 2. The van der Waals surface area contributed by atoms with Crippen LogP contribution in [0.1, 0.15) is 70.5 Å². The van der Waals surface area contributed by atoms with E-state index >= 15 is 0 Å². The van der Waals surface area contributed by atoms with Gasteiger partial charge in [0.15, 0.2) is 0 Å². The summed E-state index contributed by atoms with van der Waals surface area (Å²) >= 11 is 0. The lowest BCUT2D eigenvalue weighted by atomic mass is 9.97. The Kier molecular flexibility index (Phi) is 8.24. The van der Waals surface area contributed by atoms with Gasteiger partial charge in [-0.1, -0.05) is 18.8 Å². The molecule has 2 unspecified atom stereocenters. The number of fused-ring (bicyclic) bond motifs is 1. The molecule has 5 amide bonds. The van der Waals surface area contributed by atoms with E-state index in [1.54, 1.807) is 38.2 Å². The van der Waals surface area contributed by atoms with Gasteiger partial charge in [0.05, 0.1) is 46.0 Å². The summed E-state index contributed by atoms with van der Waals surface area (Å²) in [6.07, 6.45) is -1.32. The van der Waals surface area contributed by atoms with E-state index in [0.29, 0.717) is 24.3 Å². The second-order valence-corrected chi connectivity index (χ2v) is 12.2. The molecule has 250 valence electrons. The summed E-state index contributed by atoms with van der Waals surface area (Å²) in [4.78, 5) is 66.2. The molecule has 0 saturated carbocycles. The zero-order chi connectivity index (χ0) is 35.2. The average Bonchev–Trinajstić information content (AvgIpc) is 3.62. The third kappa shape index (κ3) is 5.99. The smallest absolute Gasteiger partial charge is 0.369 e. The summed E-state index contributed by atoms with van der Waals surface area (Å²) in [7, 11) is 0. The third-order valence-corrected chi connectivity index (χ3v) is 9.06. The first kappa shape index (κ1) is 33.0. The first-order valence-electron chi connectivity index (χ1n) is 15.3. The molecule has 49 heavy (non-hydrogen) atoms. The largest absolute Gasteiger partial charge is 0.417 e. The van der Waals surface area contributed by atoms with Crippen molar-refractivity contribution in [1.82, 2.24) is 20.0 Å². The Morgan fingerprint density at radius 1 is 1.08 bits per heavy atom. The van der Waals surface area contributed by atoms with Crippen LogP contribution in [-0.2, 0) is 26.1 Å². The molecule has 3 aliphatic rings. The molecule has 2 aromatic carbocycles. The minimum Gasteiger partial charge on any atom is -0.369 e. The van der Waals surface area contributed by atoms with Crippen molar-refractivity contribution in [1.29, 1.82) is 5.26 Å². The van der Waals surface area contributed by atoms with E-state index in [9.17, 15) is 37.1 Å². The summed E-state index contributed by atoms with van der Waals surface area (Å²) in [5, 5.41) is 18.0. The Labute approximate surface area is 277 Å². The van der Waals surface area contributed by atoms with Gasteiger partial charge < -0.3 is 10.2 Å². The number of benzene rings is 2. The first-order chi connectivity index (χ1) is 23.2. The maximum atomic E-state index is 13.4. The second kappa shape index (κ2) is 12.2. The lowest BCUT2D eigenvalue weighted by Gasteiger charge is -2.38. The van der Waals surface area contributed by atoms with Crippen LogP contribution in [0.3, 0.4) is 0 Å². The number of rotatable bonds is 6. The molecule has 2 saturated heterocycles. The van der Waals surface area contributed by atoms with Gasteiger partial charge in [-0.15, -0.1) is 0 Å². The number of amides is 5. The van der Waals surface area contributed by atoms with Crippen LogP contribution in [0.15, 0.2) is 48.8 Å². The Morgan fingerprint density at radius 3 is 2.49 bits per heavy atom. The Morgan fingerprint density at radius 2 is 1.82 bits per heavy atom. The van der Waals surface area contributed by atoms with Gasteiger partial charge in [0.2, 0.25) is 11.8 Å². The van der Waals surface area contributed by atoms with Crippen LogP contribution in [-0.4, -0.2) is 63.3 Å². The lowest BCUT2D eigenvalue weighted by Crippen LogP contribution is -2.54. The van der Waals surface area contributed by atoms with Crippen molar-refractivity contribution in [3.8, 4) is 17.9 Å². The van der Waals surface area contributed by atoms with Crippen LogP contribution < -0.4 is 15.5 Å². The summed E-state index contributed by atoms with van der Waals surface area (Å²) < 4.78 is 41.7. The molecule has 0 radical (unpaired) electrons. The normalized spacial score (nSPS) is 18.9. The number of carbonyl (C=O) groups is 5. The zero-order valence-corrected chi connectivity index (χ0v) is 26.2. The maximum absolute atomic E-state index is 13.4. The number of carbonyl (C=O) groups excluding carboxylic acids is 5. The molecule has 2 N–H and O–H groups in total. The fourth-order valence-electron chi connectivity index (χ4n) is 5.93. The summed E-state index contributed by atoms with van der Waals surface area (Å²) in [5.41, 5.74) is -1.44. The van der Waals surface area contributed by atoms with Gasteiger partial charge in [0.1, 0.15) is 11.6 Å². The minimum absolute atomic E-state index is 0.0334. The predicted molar refractivity (Wildman–Crippen MR) is 167 cm³/mol. The Bertz CT molecular complexity index is 2030. The molecule has 1 aromatic heterocycles. The number of nitrogens with zero attached hydrogens (tertiary/aromatic N) is 5. The molecule has 4 heterocycles. The molecule has 15 heteroatoms. The number of nitriles is 1. The van der Waals surface area contributed by atoms with Crippen LogP contribution in [0, 0.1) is 29.1 Å². The summed E-state index contributed by atoms with van der Waals surface area (Å²) in [6, 6.07) is 8.34. The minimum atomic E-state index is -4.77. The quantitative estimate of drug-likeness (QED) is 0.298. The number of anilines is 2. The maximum Gasteiger partial charge on any atom is 0.417 e. The monoisotopic (exact) mass is 671 g/mol. The predicted octanol–water partition coefficient (Wildman–Crippen LogP) is 3.43. The van der Waals surface area contributed by atoms with Crippen LogP contribution in [0.25, 0.3) is 0 Å². The second-order valence-electron chi connectivity index (χ2n) is 12.2. The fourth-order valence-corrected chi connectivity index (χ4v) is 5.93. The molecule has 3 aromatic rings. The van der Waals surface area contributed by atoms with E-state index in [1.165, 1.54) is 23.0 Å². The van der Waals surface area contributed by atoms with Crippen molar-refractivity contribution in [2.24, 2.45) is 5.92 Å². The first-order valence-corrected chi connectivity index (χ1v) is 15.3. The number of hydrogen-bond acceptors (Lipinski definition) is 8. The highest BCUT2D eigenvalue weighted by Crippen LogP contribution is 2.35. The van der Waals surface area contributed by atoms with Crippen molar-refractivity contribution in [2.75, 3.05) is 23.3 Å². The van der Waals surface area contributed by atoms with Gasteiger partial charge >= 0.3 is 6.18 Å². The molecular weight excluding hydrogens is 643 g/mol. The highest BCUT2D eigenvalue weighted by Gasteiger charge is 2.45. The molecule has 0 spiro atoms. The molecule has 0 aliphatic carbocycles. The van der Waals surface area contributed by atoms with E-state index in [4.69, 9.17) is 5.26 Å². The highest BCUT2D eigenvalue weighted by molar-refractivity contribution is 6.23.